The quantitative estimate of drug-likeness (QED) is 0.325. The number of aliphatic imine (C=N–C) groups is 1. The van der Waals surface area contributed by atoms with Crippen LogP contribution in [0.2, 0.25) is 5.02 Å². The Kier molecular flexibility index (Phi) is 7.17. The van der Waals surface area contributed by atoms with Crippen molar-refractivity contribution in [2.45, 2.75) is 17.9 Å². The molecule has 0 saturated carbocycles. The molecule has 1 aliphatic rings. The topological polar surface area (TPSA) is 88.8 Å². The molecule has 0 aliphatic carbocycles. The molecule has 1 atom stereocenters. The molecule has 34 heavy (non-hydrogen) atoms. The van der Waals surface area contributed by atoms with E-state index in [1.807, 2.05) is 72.6 Å². The summed E-state index contributed by atoms with van der Waals surface area (Å²) in [7, 11) is -3.81. The van der Waals surface area contributed by atoms with Crippen LogP contribution in [0.3, 0.4) is 0 Å². The summed E-state index contributed by atoms with van der Waals surface area (Å²) in [4.78, 5) is 6.09. The van der Waals surface area contributed by atoms with Crippen LogP contribution in [0.4, 0.5) is 5.69 Å². The number of hydrogen-bond acceptors (Lipinski definition) is 4. The van der Waals surface area contributed by atoms with Crippen LogP contribution in [0, 0.1) is 18.4 Å². The Hall–Kier alpha value is -3.38. The third-order valence-corrected chi connectivity index (χ3v) is 7.90. The highest BCUT2D eigenvalue weighted by Crippen LogP contribution is 2.32. The number of aryl methyl sites for hydroxylation is 1. The summed E-state index contributed by atoms with van der Waals surface area (Å²) in [5.41, 5.74) is 2.70. The molecule has 3 aromatic carbocycles. The fraction of sp³-hybridized carbons (Fsp3) is 0.200. The van der Waals surface area contributed by atoms with Gasteiger partial charge < -0.3 is 10.2 Å². The van der Waals surface area contributed by atoms with Gasteiger partial charge >= 0.3 is 0 Å². The minimum absolute atomic E-state index is 0.151. The summed E-state index contributed by atoms with van der Waals surface area (Å²) < 4.78 is 28.7. The average molecular weight is 494 g/mol. The molecular formula is C25H24ClN5O2S. The van der Waals surface area contributed by atoms with Gasteiger partial charge in [0.1, 0.15) is 0 Å². The van der Waals surface area contributed by atoms with E-state index in [-0.39, 0.29) is 11.4 Å². The molecule has 1 saturated heterocycles. The number of nitrogens with one attached hydrogen (secondary N) is 1. The molecular weight excluding hydrogens is 470 g/mol. The van der Waals surface area contributed by atoms with Gasteiger partial charge in [0.2, 0.25) is 22.2 Å². The fourth-order valence-electron chi connectivity index (χ4n) is 4.01. The molecule has 1 unspecified atom stereocenters. The van der Waals surface area contributed by atoms with E-state index in [1.165, 1.54) is 10.4 Å². The minimum atomic E-state index is -3.81. The van der Waals surface area contributed by atoms with Gasteiger partial charge in [-0.2, -0.15) is 9.57 Å². The number of nitriles is 1. The largest absolute Gasteiger partial charge is 0.339 e. The average Bonchev–Trinajstić information content (AvgIpc) is 2.85. The van der Waals surface area contributed by atoms with E-state index in [9.17, 15) is 13.7 Å². The van der Waals surface area contributed by atoms with Crippen molar-refractivity contribution in [1.82, 2.24) is 9.21 Å². The zero-order valence-electron chi connectivity index (χ0n) is 18.6. The van der Waals surface area contributed by atoms with Crippen molar-refractivity contribution in [3.63, 3.8) is 0 Å². The maximum absolute atomic E-state index is 13.6. The maximum atomic E-state index is 13.6. The summed E-state index contributed by atoms with van der Waals surface area (Å²) >= 11 is 6.09. The lowest BCUT2D eigenvalue weighted by atomic mass is 10.0. The van der Waals surface area contributed by atoms with E-state index in [0.29, 0.717) is 24.1 Å². The van der Waals surface area contributed by atoms with E-state index in [4.69, 9.17) is 11.6 Å². The van der Waals surface area contributed by atoms with Crippen molar-refractivity contribution in [1.29, 1.82) is 5.26 Å². The SMILES string of the molecule is Cc1ccccc1N/C(=N/C#N)N1CCN(S(=O)(=O)c2cccc(Cl)c2)C(c2ccccc2)C1. The van der Waals surface area contributed by atoms with Gasteiger partial charge in [-0.3, -0.25) is 0 Å². The number of benzene rings is 3. The first kappa shape index (κ1) is 23.8. The molecule has 9 heteroatoms. The molecule has 1 N–H and O–H groups in total. The number of rotatable bonds is 4. The van der Waals surface area contributed by atoms with E-state index in [1.54, 1.807) is 18.2 Å². The smallest absolute Gasteiger partial charge is 0.243 e. The predicted molar refractivity (Wildman–Crippen MR) is 134 cm³/mol. The molecule has 7 nitrogen and oxygen atoms in total. The predicted octanol–water partition coefficient (Wildman–Crippen LogP) is 4.65. The standard InChI is InChI=1S/C25H24ClN5O2S/c1-19-8-5-6-13-23(19)29-25(28-18-27)30-14-15-31(24(17-30)20-9-3-2-4-10-20)34(32,33)22-12-7-11-21(26)16-22/h2-13,16,24H,14-15,17H2,1H3,(H,28,29). The third-order valence-electron chi connectivity index (χ3n) is 5.77. The lowest BCUT2D eigenvalue weighted by Crippen LogP contribution is -2.53. The number of anilines is 1. The van der Waals surface area contributed by atoms with Gasteiger partial charge in [-0.15, -0.1) is 4.99 Å². The second kappa shape index (κ2) is 10.3. The molecule has 1 aliphatic heterocycles. The van der Waals surface area contributed by atoms with Crippen molar-refractivity contribution in [3.8, 4) is 6.19 Å². The van der Waals surface area contributed by atoms with Gasteiger partial charge in [-0.05, 0) is 42.3 Å². The van der Waals surface area contributed by atoms with E-state index < -0.39 is 16.1 Å². The van der Waals surface area contributed by atoms with Crippen molar-refractivity contribution >= 4 is 33.3 Å². The number of sulfonamides is 1. The minimum Gasteiger partial charge on any atom is -0.339 e. The molecule has 4 rings (SSSR count). The van der Waals surface area contributed by atoms with Crippen molar-refractivity contribution in [2.75, 3.05) is 25.0 Å². The Bertz CT molecular complexity index is 1340. The maximum Gasteiger partial charge on any atom is 0.243 e. The lowest BCUT2D eigenvalue weighted by Gasteiger charge is -2.41. The van der Waals surface area contributed by atoms with Crippen LogP contribution < -0.4 is 5.32 Å². The summed E-state index contributed by atoms with van der Waals surface area (Å²) in [6.07, 6.45) is 1.87. The Morgan fingerprint density at radius 2 is 1.79 bits per heavy atom. The normalized spacial score (nSPS) is 17.3. The number of para-hydroxylation sites is 1. The van der Waals surface area contributed by atoms with Crippen molar-refractivity contribution in [3.05, 3.63) is 95.0 Å². The van der Waals surface area contributed by atoms with Crippen molar-refractivity contribution < 1.29 is 8.42 Å². The van der Waals surface area contributed by atoms with Gasteiger partial charge in [0.05, 0.1) is 10.9 Å². The Balaban J connectivity index is 1.69. The zero-order chi connectivity index (χ0) is 24.1. The molecule has 174 valence electrons. The van der Waals surface area contributed by atoms with Gasteiger partial charge in [-0.25, -0.2) is 8.42 Å². The number of piperazine rings is 1. The summed E-state index contributed by atoms with van der Waals surface area (Å²) in [5.74, 6) is 0.387. The van der Waals surface area contributed by atoms with Crippen LogP contribution in [0.5, 0.6) is 0 Å². The van der Waals surface area contributed by atoms with Crippen LogP contribution in [-0.4, -0.2) is 43.2 Å². The highest BCUT2D eigenvalue weighted by Gasteiger charge is 2.38. The number of nitrogens with zero attached hydrogens (tertiary/aromatic N) is 4. The zero-order valence-corrected chi connectivity index (χ0v) is 20.2. The second-order valence-corrected chi connectivity index (χ2v) is 10.2. The van der Waals surface area contributed by atoms with Crippen LogP contribution in [0.25, 0.3) is 0 Å². The monoisotopic (exact) mass is 493 g/mol. The highest BCUT2D eigenvalue weighted by molar-refractivity contribution is 7.89. The summed E-state index contributed by atoms with van der Waals surface area (Å²) in [6.45, 7) is 2.87. The molecule has 0 bridgehead atoms. The number of guanidine groups is 1. The number of hydrogen-bond donors (Lipinski definition) is 1. The molecule has 0 aromatic heterocycles. The molecule has 1 fully saturated rings. The van der Waals surface area contributed by atoms with E-state index >= 15 is 0 Å². The van der Waals surface area contributed by atoms with Gasteiger partial charge in [0, 0.05) is 30.3 Å². The Morgan fingerprint density at radius 3 is 2.50 bits per heavy atom. The third kappa shape index (κ3) is 5.07. The number of halogens is 1. The molecule has 3 aromatic rings. The van der Waals surface area contributed by atoms with Gasteiger partial charge in [-0.1, -0.05) is 66.2 Å². The van der Waals surface area contributed by atoms with Crippen LogP contribution in [0.1, 0.15) is 17.2 Å². The highest BCUT2D eigenvalue weighted by atomic mass is 35.5. The van der Waals surface area contributed by atoms with Crippen LogP contribution in [-0.2, 0) is 10.0 Å². The summed E-state index contributed by atoms with van der Waals surface area (Å²) in [6, 6.07) is 23.0. The van der Waals surface area contributed by atoms with Crippen molar-refractivity contribution in [2.24, 2.45) is 4.99 Å². The Labute approximate surface area is 205 Å². The Morgan fingerprint density at radius 1 is 1.06 bits per heavy atom. The molecule has 0 spiro atoms. The second-order valence-electron chi connectivity index (χ2n) is 7.92. The lowest BCUT2D eigenvalue weighted by molar-refractivity contribution is 0.194. The fourth-order valence-corrected chi connectivity index (χ4v) is 5.91. The van der Waals surface area contributed by atoms with E-state index in [0.717, 1.165) is 16.8 Å². The first-order valence-electron chi connectivity index (χ1n) is 10.8. The molecule has 1 heterocycles. The first-order chi connectivity index (χ1) is 16.4. The first-order valence-corrected chi connectivity index (χ1v) is 12.6. The summed E-state index contributed by atoms with van der Waals surface area (Å²) in [5, 5.41) is 12.9. The van der Waals surface area contributed by atoms with Crippen LogP contribution >= 0.6 is 11.6 Å². The van der Waals surface area contributed by atoms with Gasteiger partial charge in [0.25, 0.3) is 0 Å². The van der Waals surface area contributed by atoms with Crippen LogP contribution in [0.15, 0.2) is 88.8 Å². The molecule has 0 amide bonds. The van der Waals surface area contributed by atoms with E-state index in [2.05, 4.69) is 10.3 Å². The molecule has 0 radical (unpaired) electrons. The van der Waals surface area contributed by atoms with Gasteiger partial charge in [0.15, 0.2) is 0 Å².